The number of aliphatic imine (C=N–C) groups is 1. The molecule has 0 amide bonds. The third kappa shape index (κ3) is 9.34. The number of rotatable bonds is 10. The van der Waals surface area contributed by atoms with E-state index in [4.69, 9.17) is 4.74 Å². The molecule has 5 nitrogen and oxygen atoms in total. The fraction of sp³-hybridized carbons (Fsp3) is 0.650. The summed E-state index contributed by atoms with van der Waals surface area (Å²) in [6.07, 6.45) is 2.39. The van der Waals surface area contributed by atoms with Crippen LogP contribution in [0.15, 0.2) is 29.3 Å². The van der Waals surface area contributed by atoms with Gasteiger partial charge in [-0.05, 0) is 71.8 Å². The van der Waals surface area contributed by atoms with Gasteiger partial charge >= 0.3 is 0 Å². The molecule has 1 rings (SSSR count). The van der Waals surface area contributed by atoms with Crippen LogP contribution in [0.25, 0.3) is 0 Å². The van der Waals surface area contributed by atoms with Crippen molar-refractivity contribution in [2.45, 2.75) is 52.7 Å². The smallest absolute Gasteiger partial charge is 0.191 e. The molecule has 2 N–H and O–H groups in total. The lowest BCUT2D eigenvalue weighted by Gasteiger charge is -2.21. The highest BCUT2D eigenvalue weighted by Gasteiger charge is 2.06. The standard InChI is InChI=1S/C20H36N4O/c1-16(2)24(6)13-8-7-12-22-20(21-5)23-15-18(4)25-19-11-9-10-17(3)14-19/h9-11,14,16,18H,7-8,12-13,15H2,1-6H3,(H2,21,22,23). The number of benzene rings is 1. The predicted octanol–water partition coefficient (Wildman–Crippen LogP) is 3.05. The van der Waals surface area contributed by atoms with Gasteiger partial charge in [0.25, 0.3) is 0 Å². The Kier molecular flexibility index (Phi) is 10.0. The van der Waals surface area contributed by atoms with Crippen molar-refractivity contribution < 1.29 is 4.74 Å². The van der Waals surface area contributed by atoms with Crippen molar-refractivity contribution in [2.24, 2.45) is 4.99 Å². The Morgan fingerprint density at radius 2 is 1.96 bits per heavy atom. The second-order valence-electron chi connectivity index (χ2n) is 6.91. The molecule has 1 unspecified atom stereocenters. The van der Waals surface area contributed by atoms with Gasteiger partial charge in [-0.25, -0.2) is 0 Å². The molecule has 0 spiro atoms. The molecule has 0 aromatic heterocycles. The first kappa shape index (κ1) is 21.3. The Morgan fingerprint density at radius 1 is 1.20 bits per heavy atom. The summed E-state index contributed by atoms with van der Waals surface area (Å²) in [7, 11) is 3.97. The molecule has 1 aromatic carbocycles. The average molecular weight is 349 g/mol. The average Bonchev–Trinajstić information content (AvgIpc) is 2.57. The van der Waals surface area contributed by atoms with Crippen LogP contribution in [0.4, 0.5) is 0 Å². The van der Waals surface area contributed by atoms with E-state index in [1.165, 1.54) is 12.0 Å². The van der Waals surface area contributed by atoms with E-state index in [1.807, 2.05) is 12.1 Å². The zero-order chi connectivity index (χ0) is 18.7. The first-order chi connectivity index (χ1) is 11.9. The highest BCUT2D eigenvalue weighted by molar-refractivity contribution is 5.79. The third-order valence-corrected chi connectivity index (χ3v) is 4.22. The van der Waals surface area contributed by atoms with Crippen molar-refractivity contribution in [1.82, 2.24) is 15.5 Å². The molecule has 1 atom stereocenters. The third-order valence-electron chi connectivity index (χ3n) is 4.22. The van der Waals surface area contributed by atoms with Crippen LogP contribution in [-0.4, -0.2) is 56.7 Å². The summed E-state index contributed by atoms with van der Waals surface area (Å²) in [5.74, 6) is 1.74. The lowest BCUT2D eigenvalue weighted by molar-refractivity contribution is 0.223. The van der Waals surface area contributed by atoms with E-state index >= 15 is 0 Å². The van der Waals surface area contributed by atoms with Gasteiger partial charge in [0.15, 0.2) is 5.96 Å². The predicted molar refractivity (Wildman–Crippen MR) is 108 cm³/mol. The van der Waals surface area contributed by atoms with E-state index in [-0.39, 0.29) is 6.10 Å². The quantitative estimate of drug-likeness (QED) is 0.388. The summed E-state index contributed by atoms with van der Waals surface area (Å²) >= 11 is 0. The largest absolute Gasteiger partial charge is 0.489 e. The summed E-state index contributed by atoms with van der Waals surface area (Å²) in [5.41, 5.74) is 1.21. The van der Waals surface area contributed by atoms with Crippen LogP contribution in [-0.2, 0) is 0 Å². The Hall–Kier alpha value is -1.75. The summed E-state index contributed by atoms with van der Waals surface area (Å²) in [6, 6.07) is 8.74. The molecule has 0 saturated carbocycles. The van der Waals surface area contributed by atoms with E-state index in [9.17, 15) is 0 Å². The zero-order valence-corrected chi connectivity index (χ0v) is 16.8. The number of guanidine groups is 1. The van der Waals surface area contributed by atoms with E-state index in [0.29, 0.717) is 12.6 Å². The van der Waals surface area contributed by atoms with Gasteiger partial charge in [-0.1, -0.05) is 12.1 Å². The molecule has 0 heterocycles. The van der Waals surface area contributed by atoms with Crippen LogP contribution < -0.4 is 15.4 Å². The number of ether oxygens (including phenoxy) is 1. The second kappa shape index (κ2) is 11.7. The first-order valence-electron chi connectivity index (χ1n) is 9.30. The molecule has 0 aliphatic carbocycles. The summed E-state index contributed by atoms with van der Waals surface area (Å²) < 4.78 is 5.93. The minimum Gasteiger partial charge on any atom is -0.489 e. The van der Waals surface area contributed by atoms with Gasteiger partial charge in [0.05, 0.1) is 6.54 Å². The Morgan fingerprint density at radius 3 is 2.60 bits per heavy atom. The number of nitrogens with one attached hydrogen (secondary N) is 2. The normalized spacial score (nSPS) is 13.2. The minimum absolute atomic E-state index is 0.0695. The molecule has 0 fully saturated rings. The van der Waals surface area contributed by atoms with E-state index < -0.39 is 0 Å². The van der Waals surface area contributed by atoms with Crippen molar-refractivity contribution in [3.05, 3.63) is 29.8 Å². The molecule has 25 heavy (non-hydrogen) atoms. The highest BCUT2D eigenvalue weighted by Crippen LogP contribution is 2.13. The van der Waals surface area contributed by atoms with Gasteiger partial charge in [0.1, 0.15) is 11.9 Å². The Bertz CT molecular complexity index is 516. The Balaban J connectivity index is 2.21. The fourth-order valence-electron chi connectivity index (χ4n) is 2.37. The van der Waals surface area contributed by atoms with Gasteiger partial charge in [-0.15, -0.1) is 0 Å². The molecule has 142 valence electrons. The summed E-state index contributed by atoms with van der Waals surface area (Å²) in [6.45, 7) is 11.4. The van der Waals surface area contributed by atoms with E-state index in [0.717, 1.165) is 31.2 Å². The van der Waals surface area contributed by atoms with Gasteiger partial charge in [0, 0.05) is 19.6 Å². The Labute approximate surface area is 153 Å². The molecule has 0 bridgehead atoms. The topological polar surface area (TPSA) is 48.9 Å². The van der Waals surface area contributed by atoms with Gasteiger partial charge in [-0.2, -0.15) is 0 Å². The first-order valence-corrected chi connectivity index (χ1v) is 9.30. The lowest BCUT2D eigenvalue weighted by Crippen LogP contribution is -2.42. The molecular formula is C20H36N4O. The lowest BCUT2D eigenvalue weighted by atomic mass is 10.2. The molecule has 0 aliphatic heterocycles. The monoisotopic (exact) mass is 348 g/mol. The molecular weight excluding hydrogens is 312 g/mol. The fourth-order valence-corrected chi connectivity index (χ4v) is 2.37. The molecule has 5 heteroatoms. The van der Waals surface area contributed by atoms with Crippen LogP contribution in [0.5, 0.6) is 5.75 Å². The number of nitrogens with zero attached hydrogens (tertiary/aromatic N) is 2. The second-order valence-corrected chi connectivity index (χ2v) is 6.91. The molecule has 0 saturated heterocycles. The zero-order valence-electron chi connectivity index (χ0n) is 16.8. The van der Waals surface area contributed by atoms with Gasteiger partial charge < -0.3 is 20.3 Å². The summed E-state index contributed by atoms with van der Waals surface area (Å²) in [5, 5.41) is 6.69. The minimum atomic E-state index is 0.0695. The summed E-state index contributed by atoms with van der Waals surface area (Å²) in [4.78, 5) is 6.64. The van der Waals surface area contributed by atoms with Crippen LogP contribution in [0.3, 0.4) is 0 Å². The van der Waals surface area contributed by atoms with Crippen LogP contribution >= 0.6 is 0 Å². The maximum absolute atomic E-state index is 5.93. The van der Waals surface area contributed by atoms with E-state index in [1.54, 1.807) is 7.05 Å². The SMILES string of the molecule is CN=C(NCCCCN(C)C(C)C)NCC(C)Oc1cccc(C)c1. The number of hydrogen-bond acceptors (Lipinski definition) is 3. The van der Waals surface area contributed by atoms with Crippen molar-refractivity contribution in [3.63, 3.8) is 0 Å². The van der Waals surface area contributed by atoms with Crippen LogP contribution in [0.1, 0.15) is 39.2 Å². The van der Waals surface area contributed by atoms with Crippen molar-refractivity contribution in [3.8, 4) is 5.75 Å². The van der Waals surface area contributed by atoms with Crippen molar-refractivity contribution in [1.29, 1.82) is 0 Å². The van der Waals surface area contributed by atoms with Gasteiger partial charge in [-0.3, -0.25) is 4.99 Å². The number of hydrogen-bond donors (Lipinski definition) is 2. The maximum Gasteiger partial charge on any atom is 0.191 e. The molecule has 0 radical (unpaired) electrons. The number of aryl methyl sites for hydroxylation is 1. The maximum atomic E-state index is 5.93. The molecule has 0 aliphatic rings. The van der Waals surface area contributed by atoms with Crippen molar-refractivity contribution in [2.75, 3.05) is 33.7 Å². The van der Waals surface area contributed by atoms with Crippen LogP contribution in [0, 0.1) is 6.92 Å². The van der Waals surface area contributed by atoms with E-state index in [2.05, 4.69) is 67.4 Å². The molecule has 1 aromatic rings. The highest BCUT2D eigenvalue weighted by atomic mass is 16.5. The van der Waals surface area contributed by atoms with Crippen molar-refractivity contribution >= 4 is 5.96 Å². The van der Waals surface area contributed by atoms with Crippen LogP contribution in [0.2, 0.25) is 0 Å². The van der Waals surface area contributed by atoms with Gasteiger partial charge in [0.2, 0.25) is 0 Å². The number of unbranched alkanes of at least 4 members (excludes halogenated alkanes) is 1.